The molecule has 1 atom stereocenters. The van der Waals surface area contributed by atoms with Gasteiger partial charge in [0.2, 0.25) is 5.24 Å². The van der Waals surface area contributed by atoms with Crippen LogP contribution in [0.15, 0.2) is 12.1 Å². The van der Waals surface area contributed by atoms with Crippen molar-refractivity contribution in [3.63, 3.8) is 0 Å². The van der Waals surface area contributed by atoms with Crippen LogP contribution in [0.3, 0.4) is 0 Å². The molecule has 4 N–H and O–H groups in total. The van der Waals surface area contributed by atoms with E-state index in [0.717, 1.165) is 6.07 Å². The summed E-state index contributed by atoms with van der Waals surface area (Å²) in [4.78, 5) is 10.7. The monoisotopic (exact) mass is 300 g/mol. The van der Waals surface area contributed by atoms with Gasteiger partial charge >= 0.3 is 6.18 Å². The topological polar surface area (TPSA) is 69.1 Å². The fourth-order valence-corrected chi connectivity index (χ4v) is 1.68. The molecule has 0 amide bonds. The van der Waals surface area contributed by atoms with E-state index in [1.54, 1.807) is 0 Å². The van der Waals surface area contributed by atoms with Gasteiger partial charge in [0, 0.05) is 0 Å². The van der Waals surface area contributed by atoms with Crippen molar-refractivity contribution in [3.8, 4) is 0 Å². The Bertz CT molecular complexity index is 477. The van der Waals surface area contributed by atoms with Gasteiger partial charge in [-0.25, -0.2) is 0 Å². The SMILES string of the molecule is Nc1c(Cl)cc(CC(N)C(=O)Cl)cc1C(F)(F)F. The van der Waals surface area contributed by atoms with Gasteiger partial charge in [-0.1, -0.05) is 11.6 Å². The van der Waals surface area contributed by atoms with Crippen molar-refractivity contribution >= 4 is 34.1 Å². The fraction of sp³-hybridized carbons (Fsp3) is 0.300. The zero-order valence-corrected chi connectivity index (χ0v) is 10.4. The highest BCUT2D eigenvalue weighted by Gasteiger charge is 2.34. The molecule has 0 aliphatic heterocycles. The van der Waals surface area contributed by atoms with Gasteiger partial charge in [0.05, 0.1) is 22.3 Å². The number of benzene rings is 1. The number of alkyl halides is 3. The van der Waals surface area contributed by atoms with Crippen LogP contribution in [0.2, 0.25) is 5.02 Å². The Balaban J connectivity index is 3.17. The second kappa shape index (κ2) is 5.34. The predicted octanol–water partition coefficient (Wildman–Crippen LogP) is 2.58. The highest BCUT2D eigenvalue weighted by Crippen LogP contribution is 2.37. The van der Waals surface area contributed by atoms with Gasteiger partial charge in [-0.05, 0) is 35.7 Å². The molecule has 0 saturated carbocycles. The van der Waals surface area contributed by atoms with E-state index in [2.05, 4.69) is 0 Å². The van der Waals surface area contributed by atoms with Gasteiger partial charge in [0.25, 0.3) is 0 Å². The van der Waals surface area contributed by atoms with E-state index in [9.17, 15) is 18.0 Å². The van der Waals surface area contributed by atoms with Crippen LogP contribution in [0.4, 0.5) is 18.9 Å². The molecular formula is C10H9Cl2F3N2O. The number of anilines is 1. The predicted molar refractivity (Wildman–Crippen MR) is 63.4 cm³/mol. The van der Waals surface area contributed by atoms with Crippen molar-refractivity contribution in [2.24, 2.45) is 5.73 Å². The number of rotatable bonds is 3. The number of carbonyl (C=O) groups excluding carboxylic acids is 1. The summed E-state index contributed by atoms with van der Waals surface area (Å²) in [6.45, 7) is 0. The maximum atomic E-state index is 12.6. The van der Waals surface area contributed by atoms with Crippen molar-refractivity contribution in [2.75, 3.05) is 5.73 Å². The standard InChI is InChI=1S/C10H9Cl2F3N2O/c11-6-2-4(3-7(16)9(12)18)1-5(8(6)17)10(13,14)15/h1-2,7H,3,16-17H2. The van der Waals surface area contributed by atoms with Gasteiger partial charge in [-0.15, -0.1) is 0 Å². The molecule has 3 nitrogen and oxygen atoms in total. The lowest BCUT2D eigenvalue weighted by Crippen LogP contribution is -2.29. The minimum atomic E-state index is -4.63. The van der Waals surface area contributed by atoms with Crippen molar-refractivity contribution in [1.82, 2.24) is 0 Å². The Labute approximate surface area is 111 Å². The Hall–Kier alpha value is -0.980. The molecular weight excluding hydrogens is 292 g/mol. The number of halogens is 5. The summed E-state index contributed by atoms with van der Waals surface area (Å²) >= 11 is 10.7. The summed E-state index contributed by atoms with van der Waals surface area (Å²) < 4.78 is 37.9. The summed E-state index contributed by atoms with van der Waals surface area (Å²) in [5.41, 5.74) is 9.14. The number of hydrogen-bond acceptors (Lipinski definition) is 3. The molecule has 0 aromatic heterocycles. The van der Waals surface area contributed by atoms with E-state index < -0.39 is 28.7 Å². The molecule has 1 unspecified atom stereocenters. The maximum absolute atomic E-state index is 12.6. The van der Waals surface area contributed by atoms with Gasteiger partial charge in [-0.2, -0.15) is 13.2 Å². The Morgan fingerprint density at radius 1 is 1.39 bits per heavy atom. The van der Waals surface area contributed by atoms with Crippen LogP contribution in [0.25, 0.3) is 0 Å². The van der Waals surface area contributed by atoms with Gasteiger partial charge in [0.15, 0.2) is 0 Å². The van der Waals surface area contributed by atoms with Crippen molar-refractivity contribution in [3.05, 3.63) is 28.3 Å². The molecule has 0 spiro atoms. The molecule has 0 bridgehead atoms. The highest BCUT2D eigenvalue weighted by atomic mass is 35.5. The quantitative estimate of drug-likeness (QED) is 0.666. The average molecular weight is 301 g/mol. The molecule has 1 aromatic carbocycles. The molecule has 0 radical (unpaired) electrons. The third-order valence-electron chi connectivity index (χ3n) is 2.24. The molecule has 1 aromatic rings. The molecule has 18 heavy (non-hydrogen) atoms. The second-order valence-corrected chi connectivity index (χ2v) is 4.43. The summed E-state index contributed by atoms with van der Waals surface area (Å²) in [5.74, 6) is 0. The van der Waals surface area contributed by atoms with Crippen molar-refractivity contribution in [1.29, 1.82) is 0 Å². The minimum absolute atomic E-state index is 0.142. The first kappa shape index (κ1) is 15.1. The Kier molecular flexibility index (Phi) is 4.47. The first-order valence-electron chi connectivity index (χ1n) is 4.73. The molecule has 0 aliphatic carbocycles. The summed E-state index contributed by atoms with van der Waals surface area (Å²) in [6, 6.07) is 0.944. The molecule has 8 heteroatoms. The van der Waals surface area contributed by atoms with E-state index in [1.165, 1.54) is 6.07 Å². The van der Waals surface area contributed by atoms with Crippen molar-refractivity contribution in [2.45, 2.75) is 18.6 Å². The average Bonchev–Trinajstić information content (AvgIpc) is 2.21. The first-order valence-corrected chi connectivity index (χ1v) is 5.48. The molecule has 0 fully saturated rings. The third kappa shape index (κ3) is 3.51. The minimum Gasteiger partial charge on any atom is -0.397 e. The third-order valence-corrected chi connectivity index (χ3v) is 2.83. The molecule has 0 heterocycles. The Morgan fingerprint density at radius 2 is 1.94 bits per heavy atom. The maximum Gasteiger partial charge on any atom is 0.418 e. The number of hydrogen-bond donors (Lipinski definition) is 2. The first-order chi connectivity index (χ1) is 8.12. The lowest BCUT2D eigenvalue weighted by Gasteiger charge is -2.14. The summed E-state index contributed by atoms with van der Waals surface area (Å²) in [7, 11) is 0. The summed E-state index contributed by atoms with van der Waals surface area (Å²) in [6.07, 6.45) is -4.77. The summed E-state index contributed by atoms with van der Waals surface area (Å²) in [5, 5.41) is -1.08. The number of carbonyl (C=O) groups is 1. The van der Waals surface area contributed by atoms with E-state index in [-0.39, 0.29) is 17.0 Å². The van der Waals surface area contributed by atoms with E-state index in [0.29, 0.717) is 0 Å². The van der Waals surface area contributed by atoms with Crippen LogP contribution < -0.4 is 11.5 Å². The Morgan fingerprint density at radius 3 is 2.39 bits per heavy atom. The van der Waals surface area contributed by atoms with Crippen LogP contribution >= 0.6 is 23.2 Å². The van der Waals surface area contributed by atoms with Crippen LogP contribution in [-0.4, -0.2) is 11.3 Å². The van der Waals surface area contributed by atoms with Crippen LogP contribution in [0, 0.1) is 0 Å². The largest absolute Gasteiger partial charge is 0.418 e. The molecule has 100 valence electrons. The zero-order valence-electron chi connectivity index (χ0n) is 8.89. The normalized spacial score (nSPS) is 13.4. The number of nitrogens with two attached hydrogens (primary N) is 2. The molecule has 1 rings (SSSR count). The molecule has 0 saturated heterocycles. The van der Waals surface area contributed by atoms with Crippen LogP contribution in [0.5, 0.6) is 0 Å². The van der Waals surface area contributed by atoms with E-state index in [4.69, 9.17) is 34.7 Å². The fourth-order valence-electron chi connectivity index (χ4n) is 1.36. The second-order valence-electron chi connectivity index (χ2n) is 3.65. The highest BCUT2D eigenvalue weighted by molar-refractivity contribution is 6.64. The van der Waals surface area contributed by atoms with E-state index >= 15 is 0 Å². The number of nitrogen functional groups attached to an aromatic ring is 1. The zero-order chi connectivity index (χ0) is 14.1. The molecule has 0 aliphatic rings. The van der Waals surface area contributed by atoms with Crippen LogP contribution in [-0.2, 0) is 17.4 Å². The van der Waals surface area contributed by atoms with E-state index in [1.807, 2.05) is 0 Å². The van der Waals surface area contributed by atoms with Gasteiger partial charge in [-0.3, -0.25) is 4.79 Å². The van der Waals surface area contributed by atoms with Crippen LogP contribution in [0.1, 0.15) is 11.1 Å². The van der Waals surface area contributed by atoms with Gasteiger partial charge < -0.3 is 11.5 Å². The van der Waals surface area contributed by atoms with Gasteiger partial charge in [0.1, 0.15) is 0 Å². The van der Waals surface area contributed by atoms with Crippen molar-refractivity contribution < 1.29 is 18.0 Å². The smallest absolute Gasteiger partial charge is 0.397 e. The lowest BCUT2D eigenvalue weighted by atomic mass is 10.0. The lowest BCUT2D eigenvalue weighted by molar-refractivity contribution is -0.136.